The highest BCUT2D eigenvalue weighted by Gasteiger charge is 1.91. The lowest BCUT2D eigenvalue weighted by Gasteiger charge is -1.97. The molecule has 0 fully saturated rings. The number of hydrogen-bond donors (Lipinski definition) is 3. The van der Waals surface area contributed by atoms with Crippen molar-refractivity contribution >= 4 is 11.6 Å². The number of H-pyrrole nitrogens is 1. The minimum Gasteiger partial charge on any atom is -0.384 e. The molecule has 0 aliphatic rings. The summed E-state index contributed by atoms with van der Waals surface area (Å²) in [7, 11) is 1.66. The van der Waals surface area contributed by atoms with Crippen molar-refractivity contribution in [1.29, 1.82) is 0 Å². The van der Waals surface area contributed by atoms with Crippen molar-refractivity contribution in [2.24, 2.45) is 0 Å². The van der Waals surface area contributed by atoms with Gasteiger partial charge in [0.05, 0.1) is 19.3 Å². The van der Waals surface area contributed by atoms with E-state index in [9.17, 15) is 0 Å². The minimum absolute atomic E-state index is 0.552. The van der Waals surface area contributed by atoms with Gasteiger partial charge in [-0.2, -0.15) is 10.2 Å². The molecular weight excluding hydrogens is 208 g/mol. The largest absolute Gasteiger partial charge is 0.384 e. The Morgan fingerprint density at radius 1 is 1.44 bits per heavy atom. The molecule has 0 aliphatic heterocycles. The minimum atomic E-state index is 0.552. The molecule has 2 aromatic rings. The molecule has 0 saturated carbocycles. The summed E-state index contributed by atoms with van der Waals surface area (Å²) in [5.41, 5.74) is 10.5. The van der Waals surface area contributed by atoms with Crippen LogP contribution in [0.3, 0.4) is 0 Å². The summed E-state index contributed by atoms with van der Waals surface area (Å²) in [5.74, 6) is 1.16. The van der Waals surface area contributed by atoms with E-state index < -0.39 is 0 Å². The van der Waals surface area contributed by atoms with Crippen LogP contribution in [0.25, 0.3) is 0 Å². The van der Waals surface area contributed by atoms with E-state index in [4.69, 9.17) is 16.2 Å². The van der Waals surface area contributed by atoms with Crippen molar-refractivity contribution in [3.8, 4) is 0 Å². The third-order valence-electron chi connectivity index (χ3n) is 1.71. The van der Waals surface area contributed by atoms with Crippen LogP contribution in [-0.4, -0.2) is 33.7 Å². The fourth-order valence-corrected chi connectivity index (χ4v) is 0.953. The standard InChI is InChI=1S/C6H11N3O.C3H5N3/c1-10-5-4-9-3-2-6(7)8-9;4-3-1-2-5-6-3/h2-3H,4-5H2,1H3,(H2,7,8);1-2H,(H3,4,5,6). The predicted molar refractivity (Wildman–Crippen MR) is 61.5 cm³/mol. The summed E-state index contributed by atoms with van der Waals surface area (Å²) in [4.78, 5) is 0. The Morgan fingerprint density at radius 2 is 2.25 bits per heavy atom. The first-order chi connectivity index (χ1) is 7.72. The number of nitrogens with one attached hydrogen (secondary N) is 1. The molecule has 2 rings (SSSR count). The van der Waals surface area contributed by atoms with E-state index in [-0.39, 0.29) is 0 Å². The maximum Gasteiger partial charge on any atom is 0.145 e. The predicted octanol–water partition coefficient (Wildman–Crippen LogP) is 0.104. The van der Waals surface area contributed by atoms with E-state index in [1.807, 2.05) is 6.20 Å². The Labute approximate surface area is 93.4 Å². The first kappa shape index (κ1) is 12.1. The summed E-state index contributed by atoms with van der Waals surface area (Å²) in [6.45, 7) is 1.43. The number of nitrogens with zero attached hydrogens (tertiary/aromatic N) is 3. The molecule has 7 nitrogen and oxygen atoms in total. The van der Waals surface area contributed by atoms with Gasteiger partial charge in [-0.15, -0.1) is 0 Å². The highest BCUT2D eigenvalue weighted by molar-refractivity contribution is 5.23. The zero-order valence-corrected chi connectivity index (χ0v) is 9.13. The van der Waals surface area contributed by atoms with Gasteiger partial charge < -0.3 is 16.2 Å². The molecule has 0 amide bonds. The average Bonchev–Trinajstić information content (AvgIpc) is 2.88. The first-order valence-corrected chi connectivity index (χ1v) is 4.75. The quantitative estimate of drug-likeness (QED) is 0.685. The Bertz CT molecular complexity index is 382. The number of aromatic nitrogens is 4. The van der Waals surface area contributed by atoms with Crippen molar-refractivity contribution in [1.82, 2.24) is 20.0 Å². The van der Waals surface area contributed by atoms with E-state index in [2.05, 4.69) is 15.3 Å². The van der Waals surface area contributed by atoms with Crippen LogP contribution in [0.15, 0.2) is 24.5 Å². The monoisotopic (exact) mass is 224 g/mol. The van der Waals surface area contributed by atoms with E-state index in [0.29, 0.717) is 18.2 Å². The molecule has 7 heteroatoms. The molecule has 0 spiro atoms. The highest BCUT2D eigenvalue weighted by Crippen LogP contribution is 1.94. The Hall–Kier alpha value is -2.02. The van der Waals surface area contributed by atoms with E-state index in [0.717, 1.165) is 6.54 Å². The summed E-state index contributed by atoms with van der Waals surface area (Å²) in [5, 5.41) is 10.1. The summed E-state index contributed by atoms with van der Waals surface area (Å²) in [6, 6.07) is 3.45. The molecule has 0 unspecified atom stereocenters. The average molecular weight is 224 g/mol. The van der Waals surface area contributed by atoms with Crippen molar-refractivity contribution < 1.29 is 4.74 Å². The number of hydrogen-bond acceptors (Lipinski definition) is 5. The maximum absolute atomic E-state index is 5.38. The van der Waals surface area contributed by atoms with Gasteiger partial charge in [-0.25, -0.2) is 0 Å². The van der Waals surface area contributed by atoms with Crippen LogP contribution in [0.1, 0.15) is 0 Å². The van der Waals surface area contributed by atoms with Crippen molar-refractivity contribution in [2.45, 2.75) is 6.54 Å². The van der Waals surface area contributed by atoms with Crippen LogP contribution in [-0.2, 0) is 11.3 Å². The SMILES string of the molecule is COCCn1ccc(N)n1.Nc1ccn[nH]1. The topological polar surface area (TPSA) is 108 Å². The molecule has 16 heavy (non-hydrogen) atoms. The number of ether oxygens (including phenoxy) is 1. The van der Waals surface area contributed by atoms with Gasteiger partial charge >= 0.3 is 0 Å². The zero-order valence-electron chi connectivity index (χ0n) is 9.13. The third-order valence-corrected chi connectivity index (χ3v) is 1.71. The molecule has 88 valence electrons. The Morgan fingerprint density at radius 3 is 2.62 bits per heavy atom. The van der Waals surface area contributed by atoms with E-state index >= 15 is 0 Å². The van der Waals surface area contributed by atoms with Gasteiger partial charge in [-0.05, 0) is 12.1 Å². The van der Waals surface area contributed by atoms with Crippen molar-refractivity contribution in [2.75, 3.05) is 25.2 Å². The van der Waals surface area contributed by atoms with Crippen LogP contribution < -0.4 is 11.5 Å². The lowest BCUT2D eigenvalue weighted by atomic mass is 10.6. The van der Waals surface area contributed by atoms with Gasteiger partial charge in [-0.1, -0.05) is 0 Å². The number of anilines is 2. The van der Waals surface area contributed by atoms with Crippen LogP contribution >= 0.6 is 0 Å². The van der Waals surface area contributed by atoms with Crippen molar-refractivity contribution in [3.05, 3.63) is 24.5 Å². The van der Waals surface area contributed by atoms with Gasteiger partial charge in [0.25, 0.3) is 0 Å². The van der Waals surface area contributed by atoms with Crippen LogP contribution in [0.4, 0.5) is 11.6 Å². The van der Waals surface area contributed by atoms with Crippen LogP contribution in [0.2, 0.25) is 0 Å². The maximum atomic E-state index is 5.38. The molecule has 0 radical (unpaired) electrons. The Kier molecular flexibility index (Phi) is 4.87. The van der Waals surface area contributed by atoms with Crippen LogP contribution in [0, 0.1) is 0 Å². The lowest BCUT2D eigenvalue weighted by molar-refractivity contribution is 0.183. The Balaban J connectivity index is 0.000000181. The smallest absolute Gasteiger partial charge is 0.145 e. The van der Waals surface area contributed by atoms with E-state index in [1.54, 1.807) is 30.1 Å². The first-order valence-electron chi connectivity index (χ1n) is 4.75. The number of aromatic amines is 1. The number of rotatable bonds is 3. The van der Waals surface area contributed by atoms with E-state index in [1.165, 1.54) is 0 Å². The van der Waals surface area contributed by atoms with Gasteiger partial charge in [0.2, 0.25) is 0 Å². The second-order valence-corrected chi connectivity index (χ2v) is 3.01. The van der Waals surface area contributed by atoms with Crippen LogP contribution in [0.5, 0.6) is 0 Å². The molecule has 2 heterocycles. The molecule has 0 aromatic carbocycles. The highest BCUT2D eigenvalue weighted by atomic mass is 16.5. The van der Waals surface area contributed by atoms with Gasteiger partial charge in [0, 0.05) is 13.3 Å². The molecule has 2 aromatic heterocycles. The molecule has 0 saturated heterocycles. The molecule has 5 N–H and O–H groups in total. The number of nitrogens with two attached hydrogens (primary N) is 2. The van der Waals surface area contributed by atoms with Crippen molar-refractivity contribution in [3.63, 3.8) is 0 Å². The lowest BCUT2D eigenvalue weighted by Crippen LogP contribution is -2.04. The fourth-order valence-electron chi connectivity index (χ4n) is 0.953. The third kappa shape index (κ3) is 4.47. The molecule has 0 aliphatic carbocycles. The second-order valence-electron chi connectivity index (χ2n) is 3.01. The second kappa shape index (κ2) is 6.46. The molecule has 0 atom stereocenters. The summed E-state index contributed by atoms with van der Waals surface area (Å²) < 4.78 is 6.60. The number of methoxy groups -OCH3 is 1. The fraction of sp³-hybridized carbons (Fsp3) is 0.333. The summed E-state index contributed by atoms with van der Waals surface area (Å²) in [6.07, 6.45) is 3.43. The van der Waals surface area contributed by atoms with Gasteiger partial charge in [-0.3, -0.25) is 9.78 Å². The normalized spacial score (nSPS) is 9.56. The van der Waals surface area contributed by atoms with Gasteiger partial charge in [0.15, 0.2) is 0 Å². The van der Waals surface area contributed by atoms with Gasteiger partial charge in [0.1, 0.15) is 11.6 Å². The molecular formula is C9H16N6O. The number of nitrogen functional groups attached to an aromatic ring is 2. The summed E-state index contributed by atoms with van der Waals surface area (Å²) >= 11 is 0. The molecule has 0 bridgehead atoms. The zero-order chi connectivity index (χ0) is 11.8.